The van der Waals surface area contributed by atoms with Crippen LogP contribution in [0.25, 0.3) is 11.4 Å². The second-order valence-corrected chi connectivity index (χ2v) is 7.44. The molecule has 0 bridgehead atoms. The molecule has 0 unspecified atom stereocenters. The number of benzene rings is 2. The molecule has 0 aliphatic carbocycles. The van der Waals surface area contributed by atoms with Crippen LogP contribution in [-0.4, -0.2) is 41.3 Å². The van der Waals surface area contributed by atoms with E-state index in [0.717, 1.165) is 0 Å². The Bertz CT molecular complexity index is 1030. The molecule has 156 valence electrons. The van der Waals surface area contributed by atoms with Gasteiger partial charge < -0.3 is 19.5 Å². The highest BCUT2D eigenvalue weighted by molar-refractivity contribution is 6.31. The van der Waals surface area contributed by atoms with E-state index in [0.29, 0.717) is 59.7 Å². The van der Waals surface area contributed by atoms with Crippen LogP contribution in [0.15, 0.2) is 47.0 Å². The molecule has 30 heavy (non-hydrogen) atoms. The molecule has 4 rings (SSSR count). The molecule has 1 aromatic heterocycles. The molecule has 3 aromatic rings. The Balaban J connectivity index is 1.37. The lowest BCUT2D eigenvalue weighted by atomic mass is 9.97. The molecule has 1 fully saturated rings. The summed E-state index contributed by atoms with van der Waals surface area (Å²) in [4.78, 5) is 18.8. The number of urea groups is 1. The summed E-state index contributed by atoms with van der Waals surface area (Å²) < 4.78 is 23.8. The fourth-order valence-corrected chi connectivity index (χ4v) is 3.59. The van der Waals surface area contributed by atoms with Crippen molar-refractivity contribution in [1.29, 1.82) is 0 Å². The molecule has 9 heteroatoms. The zero-order chi connectivity index (χ0) is 21.1. The largest absolute Gasteiger partial charge is 0.495 e. The van der Waals surface area contributed by atoms with Gasteiger partial charge in [0.2, 0.25) is 11.7 Å². The molecular weight excluding hydrogens is 411 g/mol. The molecule has 2 amide bonds. The van der Waals surface area contributed by atoms with E-state index in [1.54, 1.807) is 35.2 Å². The number of aromatic nitrogens is 2. The van der Waals surface area contributed by atoms with Crippen molar-refractivity contribution in [2.24, 2.45) is 0 Å². The van der Waals surface area contributed by atoms with E-state index in [-0.39, 0.29) is 17.8 Å². The van der Waals surface area contributed by atoms with Gasteiger partial charge in [0, 0.05) is 29.6 Å². The van der Waals surface area contributed by atoms with Crippen LogP contribution in [0.1, 0.15) is 24.7 Å². The topological polar surface area (TPSA) is 80.5 Å². The third-order valence-corrected chi connectivity index (χ3v) is 5.31. The van der Waals surface area contributed by atoms with Gasteiger partial charge in [0.05, 0.1) is 12.8 Å². The summed E-state index contributed by atoms with van der Waals surface area (Å²) >= 11 is 6.02. The number of hydrogen-bond donors (Lipinski definition) is 1. The molecule has 0 spiro atoms. The molecule has 2 aromatic carbocycles. The van der Waals surface area contributed by atoms with Gasteiger partial charge in [0.15, 0.2) is 0 Å². The molecule has 0 radical (unpaired) electrons. The van der Waals surface area contributed by atoms with Gasteiger partial charge in [-0.2, -0.15) is 4.98 Å². The van der Waals surface area contributed by atoms with Gasteiger partial charge in [0.25, 0.3) is 0 Å². The van der Waals surface area contributed by atoms with Crippen LogP contribution in [0.2, 0.25) is 5.02 Å². The minimum Gasteiger partial charge on any atom is -0.495 e. The Morgan fingerprint density at radius 3 is 2.67 bits per heavy atom. The van der Waals surface area contributed by atoms with Crippen LogP contribution in [0.4, 0.5) is 14.9 Å². The van der Waals surface area contributed by atoms with Crippen LogP contribution in [0, 0.1) is 5.82 Å². The Labute approximate surface area is 177 Å². The van der Waals surface area contributed by atoms with Crippen molar-refractivity contribution >= 4 is 23.3 Å². The predicted molar refractivity (Wildman–Crippen MR) is 110 cm³/mol. The first-order chi connectivity index (χ1) is 14.5. The number of carbonyl (C=O) groups excluding carboxylic acids is 1. The average Bonchev–Trinajstić information content (AvgIpc) is 3.25. The van der Waals surface area contributed by atoms with Gasteiger partial charge >= 0.3 is 6.03 Å². The number of anilines is 1. The number of piperidine rings is 1. The van der Waals surface area contributed by atoms with Crippen molar-refractivity contribution in [3.05, 3.63) is 59.2 Å². The fraction of sp³-hybridized carbons (Fsp3) is 0.286. The Morgan fingerprint density at radius 2 is 1.97 bits per heavy atom. The second-order valence-electron chi connectivity index (χ2n) is 7.00. The normalized spacial score (nSPS) is 14.6. The summed E-state index contributed by atoms with van der Waals surface area (Å²) in [7, 11) is 1.54. The number of carbonyl (C=O) groups is 1. The van der Waals surface area contributed by atoms with E-state index in [1.807, 2.05) is 0 Å². The van der Waals surface area contributed by atoms with E-state index in [4.69, 9.17) is 20.9 Å². The highest BCUT2D eigenvalue weighted by Crippen LogP contribution is 2.31. The Morgan fingerprint density at radius 1 is 1.23 bits per heavy atom. The van der Waals surface area contributed by atoms with Crippen molar-refractivity contribution in [3.63, 3.8) is 0 Å². The van der Waals surface area contributed by atoms with Gasteiger partial charge in [-0.05, 0) is 55.3 Å². The number of likely N-dealkylation sites (tertiary alicyclic amines) is 1. The van der Waals surface area contributed by atoms with Crippen molar-refractivity contribution in [3.8, 4) is 17.1 Å². The van der Waals surface area contributed by atoms with Crippen molar-refractivity contribution in [2.45, 2.75) is 18.8 Å². The number of ether oxygens (including phenoxy) is 1. The number of nitrogens with one attached hydrogen (secondary N) is 1. The van der Waals surface area contributed by atoms with Crippen molar-refractivity contribution in [1.82, 2.24) is 15.0 Å². The highest BCUT2D eigenvalue weighted by Gasteiger charge is 2.28. The van der Waals surface area contributed by atoms with E-state index < -0.39 is 0 Å². The highest BCUT2D eigenvalue weighted by atomic mass is 35.5. The quantitative estimate of drug-likeness (QED) is 0.633. The maximum absolute atomic E-state index is 13.1. The van der Waals surface area contributed by atoms with Crippen LogP contribution in [-0.2, 0) is 0 Å². The van der Waals surface area contributed by atoms with E-state index in [2.05, 4.69) is 15.5 Å². The van der Waals surface area contributed by atoms with Gasteiger partial charge in [-0.3, -0.25) is 0 Å². The molecular formula is C21H20ClFN4O3. The summed E-state index contributed by atoms with van der Waals surface area (Å²) in [6.07, 6.45) is 1.40. The maximum atomic E-state index is 13.1. The lowest BCUT2D eigenvalue weighted by Crippen LogP contribution is -2.40. The number of hydrogen-bond acceptors (Lipinski definition) is 5. The van der Waals surface area contributed by atoms with Crippen molar-refractivity contribution < 1.29 is 18.4 Å². The van der Waals surface area contributed by atoms with Crippen LogP contribution in [0.3, 0.4) is 0 Å². The first kappa shape index (κ1) is 20.2. The second kappa shape index (κ2) is 8.71. The number of rotatable bonds is 4. The van der Waals surface area contributed by atoms with Crippen molar-refractivity contribution in [2.75, 3.05) is 25.5 Å². The lowest BCUT2D eigenvalue weighted by Gasteiger charge is -2.30. The summed E-state index contributed by atoms with van der Waals surface area (Å²) in [6, 6.07) is 10.8. The zero-order valence-corrected chi connectivity index (χ0v) is 17.0. The molecule has 2 heterocycles. The van der Waals surface area contributed by atoms with E-state index in [1.165, 1.54) is 19.2 Å². The van der Waals surface area contributed by atoms with Crippen LogP contribution < -0.4 is 10.1 Å². The first-order valence-corrected chi connectivity index (χ1v) is 9.90. The number of amides is 2. The standard InChI is InChI=1S/C21H20ClFN4O3/c1-29-18-7-4-15(22)12-17(18)24-21(28)27-10-8-14(9-11-27)20-25-19(26-30-20)13-2-5-16(23)6-3-13/h2-7,12,14H,8-11H2,1H3,(H,24,28). The van der Waals surface area contributed by atoms with Crippen LogP contribution >= 0.6 is 11.6 Å². The van der Waals surface area contributed by atoms with Gasteiger partial charge in [-0.1, -0.05) is 16.8 Å². The average molecular weight is 431 g/mol. The van der Waals surface area contributed by atoms with Crippen LogP contribution in [0.5, 0.6) is 5.75 Å². The summed E-state index contributed by atoms with van der Waals surface area (Å²) in [5.41, 5.74) is 1.22. The van der Waals surface area contributed by atoms with Gasteiger partial charge in [0.1, 0.15) is 11.6 Å². The molecule has 1 saturated heterocycles. The Hall–Kier alpha value is -3.13. The first-order valence-electron chi connectivity index (χ1n) is 9.52. The third kappa shape index (κ3) is 4.38. The van der Waals surface area contributed by atoms with E-state index >= 15 is 0 Å². The third-order valence-electron chi connectivity index (χ3n) is 5.08. The number of nitrogens with zero attached hydrogens (tertiary/aromatic N) is 3. The fourth-order valence-electron chi connectivity index (χ4n) is 3.42. The maximum Gasteiger partial charge on any atom is 0.321 e. The van der Waals surface area contributed by atoms with Gasteiger partial charge in [-0.25, -0.2) is 9.18 Å². The Kier molecular flexibility index (Phi) is 5.85. The molecule has 0 atom stereocenters. The smallest absolute Gasteiger partial charge is 0.321 e. The lowest BCUT2D eigenvalue weighted by molar-refractivity contribution is 0.187. The number of methoxy groups -OCH3 is 1. The summed E-state index contributed by atoms with van der Waals surface area (Å²) in [6.45, 7) is 1.10. The molecule has 1 N–H and O–H groups in total. The predicted octanol–water partition coefficient (Wildman–Crippen LogP) is 4.95. The molecule has 1 aliphatic rings. The summed E-state index contributed by atoms with van der Waals surface area (Å²) in [5.74, 6) is 1.26. The minimum absolute atomic E-state index is 0.0662. The van der Waals surface area contributed by atoms with E-state index in [9.17, 15) is 9.18 Å². The summed E-state index contributed by atoms with van der Waals surface area (Å²) in [5, 5.41) is 7.37. The zero-order valence-electron chi connectivity index (χ0n) is 16.3. The SMILES string of the molecule is COc1ccc(Cl)cc1NC(=O)N1CCC(c2nc(-c3ccc(F)cc3)no2)CC1. The molecule has 1 aliphatic heterocycles. The van der Waals surface area contributed by atoms with Gasteiger partial charge in [-0.15, -0.1) is 0 Å². The monoisotopic (exact) mass is 430 g/mol. The molecule has 7 nitrogen and oxygen atoms in total. The minimum atomic E-state index is -0.316. The molecule has 0 saturated carbocycles. The number of halogens is 2.